The van der Waals surface area contributed by atoms with Gasteiger partial charge in [0.15, 0.2) is 5.78 Å². The molecule has 0 heterocycles. The van der Waals surface area contributed by atoms with Gasteiger partial charge in [-0.15, -0.1) is 0 Å². The number of fused-ring (bicyclic) bond motifs is 5. The minimum atomic E-state index is -4.49. The maximum absolute atomic E-state index is 12.6. The third-order valence-corrected chi connectivity index (χ3v) is 7.91. The van der Waals surface area contributed by atoms with Gasteiger partial charge in [-0.2, -0.15) is 13.2 Å². The Morgan fingerprint density at radius 2 is 2.00 bits per heavy atom. The van der Waals surface area contributed by atoms with E-state index < -0.39 is 17.5 Å². The number of hydrogen-bond donors (Lipinski definition) is 1. The average Bonchev–Trinajstić information content (AvgIpc) is 2.99. The van der Waals surface area contributed by atoms with Crippen LogP contribution in [-0.4, -0.2) is 23.7 Å². The molecule has 2 nitrogen and oxygen atoms in total. The number of aliphatic hydroxyl groups is 1. The predicted octanol–water partition coefficient (Wildman–Crippen LogP) is 4.45. The molecule has 0 bridgehead atoms. The number of aliphatic hydroxyl groups excluding tert-OH is 1. The summed E-state index contributed by atoms with van der Waals surface area (Å²) < 4.78 is 37.9. The highest BCUT2D eigenvalue weighted by Gasteiger charge is 2.59. The Balaban J connectivity index is 1.69. The van der Waals surface area contributed by atoms with Gasteiger partial charge in [0.2, 0.25) is 0 Å². The molecule has 2 saturated carbocycles. The Labute approximate surface area is 157 Å². The van der Waals surface area contributed by atoms with E-state index in [0.717, 1.165) is 24.8 Å². The van der Waals surface area contributed by atoms with Gasteiger partial charge in [-0.3, -0.25) is 4.79 Å². The highest BCUT2D eigenvalue weighted by Crippen LogP contribution is 2.65. The van der Waals surface area contributed by atoms with E-state index in [4.69, 9.17) is 0 Å². The smallest absolute Gasteiger partial charge is 0.396 e. The fourth-order valence-corrected chi connectivity index (χ4v) is 6.51. The maximum Gasteiger partial charge on any atom is 0.457 e. The van der Waals surface area contributed by atoms with Crippen LogP contribution in [0.4, 0.5) is 13.2 Å². The first kappa shape index (κ1) is 18.8. The Morgan fingerprint density at radius 1 is 1.22 bits per heavy atom. The molecule has 0 spiro atoms. The predicted molar refractivity (Wildman–Crippen MR) is 95.3 cm³/mol. The quantitative estimate of drug-likeness (QED) is 0.685. The molecule has 146 valence electrons. The third kappa shape index (κ3) is 2.88. The second-order valence-electron chi connectivity index (χ2n) is 8.96. The van der Waals surface area contributed by atoms with Crippen LogP contribution < -0.4 is 0 Å². The fraction of sp³-hybridized carbons (Fsp3) is 0.682. The molecule has 0 aromatic heterocycles. The van der Waals surface area contributed by atoms with Gasteiger partial charge >= 0.3 is 6.18 Å². The van der Waals surface area contributed by atoms with Crippen LogP contribution in [-0.2, 0) is 4.79 Å². The lowest BCUT2D eigenvalue weighted by molar-refractivity contribution is -0.116. The Morgan fingerprint density at radius 3 is 2.70 bits per heavy atom. The van der Waals surface area contributed by atoms with E-state index >= 15 is 0 Å². The van der Waals surface area contributed by atoms with Crippen LogP contribution in [0.3, 0.4) is 0 Å². The summed E-state index contributed by atoms with van der Waals surface area (Å²) in [6, 6.07) is 0. The number of ketones is 1. The summed E-state index contributed by atoms with van der Waals surface area (Å²) >= 11 is 0. The molecule has 4 aliphatic rings. The molecule has 0 amide bonds. The Hall–Kier alpha value is -1.54. The van der Waals surface area contributed by atoms with Crippen LogP contribution in [0.15, 0.2) is 23.8 Å². The molecule has 4 aliphatic carbocycles. The summed E-state index contributed by atoms with van der Waals surface area (Å²) in [5.41, 5.74) is 0.513. The highest BCUT2D eigenvalue weighted by atomic mass is 19.4. The molecule has 4 rings (SSSR count). The van der Waals surface area contributed by atoms with E-state index in [1.165, 1.54) is 5.92 Å². The lowest BCUT2D eigenvalue weighted by Gasteiger charge is -2.56. The van der Waals surface area contributed by atoms with Crippen molar-refractivity contribution >= 4 is 5.78 Å². The van der Waals surface area contributed by atoms with Gasteiger partial charge in [0.1, 0.15) is 0 Å². The second-order valence-corrected chi connectivity index (χ2v) is 8.96. The number of hydrogen-bond acceptors (Lipinski definition) is 2. The van der Waals surface area contributed by atoms with Gasteiger partial charge in [0.05, 0.1) is 6.61 Å². The van der Waals surface area contributed by atoms with Crippen LogP contribution in [0.25, 0.3) is 0 Å². The minimum Gasteiger partial charge on any atom is -0.396 e. The largest absolute Gasteiger partial charge is 0.457 e. The van der Waals surface area contributed by atoms with Crippen molar-refractivity contribution in [2.75, 3.05) is 6.61 Å². The summed E-state index contributed by atoms with van der Waals surface area (Å²) in [7, 11) is 0. The van der Waals surface area contributed by atoms with Crippen molar-refractivity contribution < 1.29 is 23.1 Å². The number of carbonyl (C=O) groups excluding carboxylic acids is 1. The van der Waals surface area contributed by atoms with Crippen molar-refractivity contribution in [2.45, 2.75) is 51.6 Å². The molecule has 2 fully saturated rings. The van der Waals surface area contributed by atoms with Crippen LogP contribution >= 0.6 is 0 Å². The first-order chi connectivity index (χ1) is 12.7. The monoisotopic (exact) mass is 378 g/mol. The SMILES string of the molecule is C[C@]12CCC(=O)C=C1C=C[C@H]1[C@@H]3CCC(C#CC(F)(F)F)[C@@]3(CO)CC[C@@H]12. The zero-order chi connectivity index (χ0) is 19.4. The Kier molecular flexibility index (Phi) is 4.34. The summed E-state index contributed by atoms with van der Waals surface area (Å²) in [6.45, 7) is 2.12. The zero-order valence-corrected chi connectivity index (χ0v) is 15.5. The maximum atomic E-state index is 12.6. The molecular formula is C22H25F3O2. The molecule has 0 aromatic carbocycles. The second kappa shape index (κ2) is 6.24. The number of rotatable bonds is 1. The van der Waals surface area contributed by atoms with E-state index in [9.17, 15) is 23.1 Å². The lowest BCUT2D eigenvalue weighted by atomic mass is 9.48. The minimum absolute atomic E-state index is 0.0509. The van der Waals surface area contributed by atoms with Crippen LogP contribution in [0.5, 0.6) is 0 Å². The van der Waals surface area contributed by atoms with Gasteiger partial charge < -0.3 is 5.11 Å². The molecule has 0 saturated heterocycles. The summed E-state index contributed by atoms with van der Waals surface area (Å²) in [5, 5.41) is 10.2. The summed E-state index contributed by atoms with van der Waals surface area (Å²) in [4.78, 5) is 11.8. The topological polar surface area (TPSA) is 37.3 Å². The van der Waals surface area contributed by atoms with Crippen molar-refractivity contribution in [2.24, 2.45) is 34.5 Å². The number of alkyl halides is 3. The van der Waals surface area contributed by atoms with Crippen molar-refractivity contribution in [1.82, 2.24) is 0 Å². The summed E-state index contributed by atoms with van der Waals surface area (Å²) in [5.74, 6) is 4.46. The normalized spacial score (nSPS) is 43.1. The molecule has 27 heavy (non-hydrogen) atoms. The Bertz CT molecular complexity index is 769. The first-order valence-corrected chi connectivity index (χ1v) is 9.83. The van der Waals surface area contributed by atoms with Crippen LogP contribution in [0.2, 0.25) is 0 Å². The van der Waals surface area contributed by atoms with Gasteiger partial charge in [-0.25, -0.2) is 0 Å². The number of carbonyl (C=O) groups is 1. The molecule has 5 heteroatoms. The molecule has 1 N–H and O–H groups in total. The highest BCUT2D eigenvalue weighted by molar-refractivity contribution is 5.92. The van der Waals surface area contributed by atoms with E-state index in [2.05, 4.69) is 25.0 Å². The molecule has 0 radical (unpaired) electrons. The lowest BCUT2D eigenvalue weighted by Crippen LogP contribution is -2.51. The van der Waals surface area contributed by atoms with Gasteiger partial charge in [-0.1, -0.05) is 25.0 Å². The van der Waals surface area contributed by atoms with Crippen molar-refractivity contribution in [3.63, 3.8) is 0 Å². The van der Waals surface area contributed by atoms with Gasteiger partial charge in [-0.05, 0) is 66.9 Å². The van der Waals surface area contributed by atoms with E-state index in [1.807, 2.05) is 0 Å². The fourth-order valence-electron chi connectivity index (χ4n) is 6.51. The average molecular weight is 378 g/mol. The summed E-state index contributed by atoms with van der Waals surface area (Å²) in [6.07, 6.45) is 5.88. The van der Waals surface area contributed by atoms with Crippen molar-refractivity contribution in [3.05, 3.63) is 23.8 Å². The van der Waals surface area contributed by atoms with Crippen LogP contribution in [0.1, 0.15) is 45.4 Å². The third-order valence-electron chi connectivity index (χ3n) is 7.91. The molecular weight excluding hydrogens is 353 g/mol. The molecule has 0 aromatic rings. The molecule has 6 atom stereocenters. The van der Waals surface area contributed by atoms with Crippen molar-refractivity contribution in [1.29, 1.82) is 0 Å². The van der Waals surface area contributed by atoms with E-state index in [0.29, 0.717) is 25.2 Å². The first-order valence-electron chi connectivity index (χ1n) is 9.83. The van der Waals surface area contributed by atoms with Gasteiger partial charge in [0, 0.05) is 23.7 Å². The zero-order valence-electron chi connectivity index (χ0n) is 15.5. The van der Waals surface area contributed by atoms with E-state index in [-0.39, 0.29) is 29.6 Å². The van der Waals surface area contributed by atoms with Crippen molar-refractivity contribution in [3.8, 4) is 11.8 Å². The van der Waals surface area contributed by atoms with E-state index in [1.54, 1.807) is 6.08 Å². The molecule has 1 unspecified atom stereocenters. The molecule has 0 aliphatic heterocycles. The van der Waals surface area contributed by atoms with Gasteiger partial charge in [0.25, 0.3) is 0 Å². The van der Waals surface area contributed by atoms with Crippen LogP contribution in [0, 0.1) is 46.3 Å². The standard InChI is InChI=1S/C22H25F3O2/c1-20-9-7-16(27)12-15(20)2-4-17-18(20)8-10-21(13-26)14(3-5-19(17)21)6-11-22(23,24)25/h2,4,12,14,17-19,26H,3,5,7-10,13H2,1H3/t14?,17-,18+,19+,20+,21+/m1/s1. The number of halogens is 3. The number of allylic oxidation sites excluding steroid dienone is 4.